The van der Waals surface area contributed by atoms with Crippen LogP contribution in [0.5, 0.6) is 0 Å². The molecule has 0 aliphatic heterocycles. The molecule has 0 aromatic heterocycles. The molecule has 5 heteroatoms. The largest absolute Gasteiger partial charge is 0.467 e. The number of methoxy groups -OCH3 is 1. The summed E-state index contributed by atoms with van der Waals surface area (Å²) in [6.07, 6.45) is -2.92. The Balaban J connectivity index is 3.04. The standard InChI is InChI=1S/C12H15ClO4/c1-6-4-8(5-7(2)9(6)13)10(14)11(15)12(16)17-3/h4-5,10-11,14-15H,1-3H3. The lowest BCUT2D eigenvalue weighted by atomic mass is 9.99. The van der Waals surface area contributed by atoms with Gasteiger partial charge >= 0.3 is 5.97 Å². The van der Waals surface area contributed by atoms with Crippen LogP contribution in [0.3, 0.4) is 0 Å². The first-order valence-corrected chi connectivity index (χ1v) is 5.47. The van der Waals surface area contributed by atoms with Crippen LogP contribution in [-0.2, 0) is 9.53 Å². The number of halogens is 1. The number of aliphatic hydroxyl groups excluding tert-OH is 2. The first kappa shape index (κ1) is 14.0. The van der Waals surface area contributed by atoms with Gasteiger partial charge in [0.05, 0.1) is 7.11 Å². The highest BCUT2D eigenvalue weighted by Gasteiger charge is 2.27. The molecule has 0 heterocycles. The SMILES string of the molecule is COC(=O)C(O)C(O)c1cc(C)c(Cl)c(C)c1. The smallest absolute Gasteiger partial charge is 0.337 e. The Bertz CT molecular complexity index is 408. The van der Waals surface area contributed by atoms with Crippen LogP contribution in [0.25, 0.3) is 0 Å². The van der Waals surface area contributed by atoms with Gasteiger partial charge in [0.25, 0.3) is 0 Å². The summed E-state index contributed by atoms with van der Waals surface area (Å²) in [4.78, 5) is 11.1. The van der Waals surface area contributed by atoms with Crippen molar-refractivity contribution in [1.29, 1.82) is 0 Å². The number of carbonyl (C=O) groups is 1. The molecule has 0 aliphatic rings. The number of carbonyl (C=O) groups excluding carboxylic acids is 1. The fourth-order valence-corrected chi connectivity index (χ4v) is 1.69. The molecule has 2 N–H and O–H groups in total. The van der Waals surface area contributed by atoms with Gasteiger partial charge in [0.1, 0.15) is 6.10 Å². The van der Waals surface area contributed by atoms with Gasteiger partial charge in [-0.15, -0.1) is 0 Å². The number of hydrogen-bond acceptors (Lipinski definition) is 4. The molecule has 0 saturated carbocycles. The number of ether oxygens (including phenoxy) is 1. The Morgan fingerprint density at radius 3 is 2.18 bits per heavy atom. The molecule has 2 unspecified atom stereocenters. The minimum atomic E-state index is -1.60. The lowest BCUT2D eigenvalue weighted by Gasteiger charge is -2.17. The van der Waals surface area contributed by atoms with Crippen LogP contribution in [0.1, 0.15) is 22.8 Å². The highest BCUT2D eigenvalue weighted by molar-refractivity contribution is 6.32. The Morgan fingerprint density at radius 1 is 1.29 bits per heavy atom. The highest BCUT2D eigenvalue weighted by atomic mass is 35.5. The number of rotatable bonds is 3. The van der Waals surface area contributed by atoms with Gasteiger partial charge < -0.3 is 14.9 Å². The minimum Gasteiger partial charge on any atom is -0.467 e. The summed E-state index contributed by atoms with van der Waals surface area (Å²) in [6, 6.07) is 3.26. The summed E-state index contributed by atoms with van der Waals surface area (Å²) in [6.45, 7) is 3.58. The summed E-state index contributed by atoms with van der Waals surface area (Å²) in [5.74, 6) is -0.872. The second kappa shape index (κ2) is 5.49. The summed E-state index contributed by atoms with van der Waals surface area (Å²) in [5.41, 5.74) is 1.98. The van der Waals surface area contributed by atoms with Crippen molar-refractivity contribution in [3.05, 3.63) is 33.8 Å². The second-order valence-electron chi connectivity index (χ2n) is 3.88. The van der Waals surface area contributed by atoms with Crippen LogP contribution in [0, 0.1) is 13.8 Å². The second-order valence-corrected chi connectivity index (χ2v) is 4.26. The lowest BCUT2D eigenvalue weighted by Crippen LogP contribution is -2.29. The van der Waals surface area contributed by atoms with Gasteiger partial charge in [0.15, 0.2) is 6.10 Å². The van der Waals surface area contributed by atoms with E-state index in [1.165, 1.54) is 0 Å². The van der Waals surface area contributed by atoms with Crippen molar-refractivity contribution >= 4 is 17.6 Å². The lowest BCUT2D eigenvalue weighted by molar-refractivity contribution is -0.156. The average Bonchev–Trinajstić information content (AvgIpc) is 2.32. The molecular formula is C12H15ClO4. The molecule has 0 radical (unpaired) electrons. The number of aryl methyl sites for hydroxylation is 2. The van der Waals surface area contributed by atoms with E-state index in [4.69, 9.17) is 11.6 Å². The molecule has 0 saturated heterocycles. The molecule has 0 fully saturated rings. The van der Waals surface area contributed by atoms with Crippen molar-refractivity contribution in [2.45, 2.75) is 26.1 Å². The molecule has 1 rings (SSSR count). The van der Waals surface area contributed by atoms with E-state index < -0.39 is 18.2 Å². The first-order chi connectivity index (χ1) is 7.88. The van der Waals surface area contributed by atoms with E-state index in [2.05, 4.69) is 4.74 Å². The maximum atomic E-state index is 11.1. The van der Waals surface area contributed by atoms with Crippen LogP contribution >= 0.6 is 11.6 Å². The number of benzene rings is 1. The number of aliphatic hydroxyl groups is 2. The predicted octanol–water partition coefficient (Wildman–Crippen LogP) is 1.52. The topological polar surface area (TPSA) is 66.8 Å². The summed E-state index contributed by atoms with van der Waals surface area (Å²) in [7, 11) is 1.15. The zero-order valence-electron chi connectivity index (χ0n) is 9.90. The molecule has 0 aliphatic carbocycles. The summed E-state index contributed by atoms with van der Waals surface area (Å²) < 4.78 is 4.36. The molecule has 0 bridgehead atoms. The highest BCUT2D eigenvalue weighted by Crippen LogP contribution is 2.26. The Kier molecular flexibility index (Phi) is 4.51. The molecule has 17 heavy (non-hydrogen) atoms. The monoisotopic (exact) mass is 258 g/mol. The molecule has 94 valence electrons. The van der Waals surface area contributed by atoms with Crippen molar-refractivity contribution in [1.82, 2.24) is 0 Å². The van der Waals surface area contributed by atoms with Gasteiger partial charge in [-0.2, -0.15) is 0 Å². The normalized spacial score (nSPS) is 14.2. The Hall–Kier alpha value is -1.10. The third-order valence-electron chi connectivity index (χ3n) is 2.54. The quantitative estimate of drug-likeness (QED) is 0.807. The fourth-order valence-electron chi connectivity index (χ4n) is 1.58. The van der Waals surface area contributed by atoms with Crippen molar-refractivity contribution < 1.29 is 19.7 Å². The van der Waals surface area contributed by atoms with Crippen LogP contribution in [0.15, 0.2) is 12.1 Å². The van der Waals surface area contributed by atoms with E-state index in [1.54, 1.807) is 26.0 Å². The van der Waals surface area contributed by atoms with Gasteiger partial charge in [-0.05, 0) is 30.5 Å². The molecule has 1 aromatic rings. The molecule has 0 spiro atoms. The Morgan fingerprint density at radius 2 is 1.76 bits per heavy atom. The Labute approximate surface area is 105 Å². The van der Waals surface area contributed by atoms with E-state index in [9.17, 15) is 15.0 Å². The zero-order chi connectivity index (χ0) is 13.2. The maximum Gasteiger partial charge on any atom is 0.337 e. The van der Waals surface area contributed by atoms with Gasteiger partial charge in [-0.3, -0.25) is 0 Å². The minimum absolute atomic E-state index is 0.433. The van der Waals surface area contributed by atoms with Crippen molar-refractivity contribution in [2.24, 2.45) is 0 Å². The van der Waals surface area contributed by atoms with Crippen LogP contribution < -0.4 is 0 Å². The van der Waals surface area contributed by atoms with E-state index in [0.717, 1.165) is 18.2 Å². The maximum absolute atomic E-state index is 11.1. The van der Waals surface area contributed by atoms with Crippen LogP contribution in [0.4, 0.5) is 0 Å². The first-order valence-electron chi connectivity index (χ1n) is 5.09. The average molecular weight is 259 g/mol. The number of hydrogen-bond donors (Lipinski definition) is 2. The predicted molar refractivity (Wildman–Crippen MR) is 63.9 cm³/mol. The van der Waals surface area contributed by atoms with Gasteiger partial charge in [0, 0.05) is 5.02 Å². The third-order valence-corrected chi connectivity index (χ3v) is 3.14. The van der Waals surface area contributed by atoms with E-state index in [0.29, 0.717) is 10.6 Å². The van der Waals surface area contributed by atoms with Gasteiger partial charge in [0.2, 0.25) is 0 Å². The van der Waals surface area contributed by atoms with Crippen molar-refractivity contribution in [3.8, 4) is 0 Å². The van der Waals surface area contributed by atoms with Crippen molar-refractivity contribution in [2.75, 3.05) is 7.11 Å². The fraction of sp³-hybridized carbons (Fsp3) is 0.417. The third kappa shape index (κ3) is 2.97. The zero-order valence-corrected chi connectivity index (χ0v) is 10.7. The molecule has 0 amide bonds. The van der Waals surface area contributed by atoms with Gasteiger partial charge in [-0.25, -0.2) is 4.79 Å². The van der Waals surface area contributed by atoms with Gasteiger partial charge in [-0.1, -0.05) is 23.7 Å². The number of esters is 1. The van der Waals surface area contributed by atoms with E-state index in [1.807, 2.05) is 0 Å². The molecule has 1 aromatic carbocycles. The van der Waals surface area contributed by atoms with E-state index >= 15 is 0 Å². The van der Waals surface area contributed by atoms with E-state index in [-0.39, 0.29) is 0 Å². The molecule has 2 atom stereocenters. The summed E-state index contributed by atoms with van der Waals surface area (Å²) >= 11 is 5.99. The van der Waals surface area contributed by atoms with Crippen molar-refractivity contribution in [3.63, 3.8) is 0 Å². The van der Waals surface area contributed by atoms with Crippen LogP contribution in [0.2, 0.25) is 5.02 Å². The molecular weight excluding hydrogens is 244 g/mol. The molecule has 4 nitrogen and oxygen atoms in total. The summed E-state index contributed by atoms with van der Waals surface area (Å²) in [5, 5.41) is 20.0. The van der Waals surface area contributed by atoms with Crippen LogP contribution in [-0.4, -0.2) is 29.4 Å².